The number of morpholine rings is 1. The van der Waals surface area contributed by atoms with E-state index in [1.165, 1.54) is 38.5 Å². The maximum absolute atomic E-state index is 12.3. The highest BCUT2D eigenvalue weighted by molar-refractivity contribution is 9.09. The Labute approximate surface area is 138 Å². The topological polar surface area (TPSA) is 29.5 Å². The van der Waals surface area contributed by atoms with Crippen LogP contribution in [0.1, 0.15) is 72.1 Å². The zero-order valence-corrected chi connectivity index (χ0v) is 15.6. The summed E-state index contributed by atoms with van der Waals surface area (Å²) in [5.74, 6) is 0.297. The van der Waals surface area contributed by atoms with Crippen molar-refractivity contribution in [2.75, 3.05) is 18.4 Å². The number of alkyl halides is 1. The molecule has 0 N–H and O–H groups in total. The predicted molar refractivity (Wildman–Crippen MR) is 91.9 cm³/mol. The van der Waals surface area contributed by atoms with Crippen LogP contribution in [0.2, 0.25) is 0 Å². The molecule has 1 fully saturated rings. The molecule has 124 valence electrons. The molecule has 1 heterocycles. The number of halogens is 1. The minimum Gasteiger partial charge on any atom is -0.368 e. The molecular formula is C17H32BrNO2. The lowest BCUT2D eigenvalue weighted by Gasteiger charge is -2.42. The Morgan fingerprint density at radius 3 is 2.43 bits per heavy atom. The summed E-state index contributed by atoms with van der Waals surface area (Å²) in [5, 5.41) is 0.789. The molecule has 3 nitrogen and oxygen atoms in total. The molecule has 21 heavy (non-hydrogen) atoms. The van der Waals surface area contributed by atoms with Gasteiger partial charge in [0.25, 0.3) is 0 Å². The number of carbonyl (C=O) groups excluding carboxylic acids is 1. The summed E-state index contributed by atoms with van der Waals surface area (Å²) in [6, 6.07) is 0. The lowest BCUT2D eigenvalue weighted by atomic mass is 10.0. The smallest absolute Gasteiger partial charge is 0.222 e. The molecule has 1 amide bonds. The molecule has 4 heteroatoms. The fraction of sp³-hybridized carbons (Fsp3) is 0.941. The molecule has 1 aliphatic rings. The summed E-state index contributed by atoms with van der Waals surface area (Å²) >= 11 is 3.47. The number of hydrogen-bond acceptors (Lipinski definition) is 2. The normalized spacial score (nSPS) is 21.5. The van der Waals surface area contributed by atoms with Crippen molar-refractivity contribution < 1.29 is 9.53 Å². The van der Waals surface area contributed by atoms with Crippen molar-refractivity contribution in [2.45, 2.75) is 83.8 Å². The molecule has 0 aliphatic carbocycles. The minimum atomic E-state index is -0.230. The molecule has 1 rings (SSSR count). The SMILES string of the molecule is CCCCCCCCCC(=O)N1CC(CBr)OC(C)(C)C1. The largest absolute Gasteiger partial charge is 0.368 e. The predicted octanol–water partition coefficient (Wildman–Crippen LogP) is 4.53. The summed E-state index contributed by atoms with van der Waals surface area (Å²) in [7, 11) is 0. The first kappa shape index (κ1) is 19.0. The molecular weight excluding hydrogens is 330 g/mol. The lowest BCUT2D eigenvalue weighted by Crippen LogP contribution is -2.55. The third-order valence-electron chi connectivity index (χ3n) is 4.00. The lowest BCUT2D eigenvalue weighted by molar-refractivity contribution is -0.157. The van der Waals surface area contributed by atoms with Crippen LogP contribution in [-0.4, -0.2) is 40.9 Å². The van der Waals surface area contributed by atoms with Crippen molar-refractivity contribution in [1.82, 2.24) is 4.90 Å². The summed E-state index contributed by atoms with van der Waals surface area (Å²) in [6.45, 7) is 7.81. The molecule has 0 aromatic heterocycles. The van der Waals surface area contributed by atoms with E-state index in [1.807, 2.05) is 4.90 Å². The Bertz CT molecular complexity index is 307. The van der Waals surface area contributed by atoms with Gasteiger partial charge in [-0.2, -0.15) is 0 Å². The number of amides is 1. The van der Waals surface area contributed by atoms with E-state index in [0.717, 1.165) is 18.3 Å². The Morgan fingerprint density at radius 1 is 1.19 bits per heavy atom. The molecule has 0 bridgehead atoms. The van der Waals surface area contributed by atoms with Crippen LogP contribution < -0.4 is 0 Å². The quantitative estimate of drug-likeness (QED) is 0.446. The molecule has 0 aromatic carbocycles. The minimum absolute atomic E-state index is 0.117. The molecule has 0 radical (unpaired) electrons. The molecule has 0 aromatic rings. The summed E-state index contributed by atoms with van der Waals surface area (Å²) in [6.07, 6.45) is 9.59. The van der Waals surface area contributed by atoms with Gasteiger partial charge in [0, 0.05) is 24.8 Å². The number of carbonyl (C=O) groups is 1. The van der Waals surface area contributed by atoms with E-state index in [4.69, 9.17) is 4.74 Å². The van der Waals surface area contributed by atoms with Crippen molar-refractivity contribution >= 4 is 21.8 Å². The van der Waals surface area contributed by atoms with Gasteiger partial charge in [-0.25, -0.2) is 0 Å². The maximum atomic E-state index is 12.3. The molecule has 0 saturated carbocycles. The van der Waals surface area contributed by atoms with Gasteiger partial charge in [0.05, 0.1) is 11.7 Å². The Morgan fingerprint density at radius 2 is 1.81 bits per heavy atom. The highest BCUT2D eigenvalue weighted by atomic mass is 79.9. The average molecular weight is 362 g/mol. The maximum Gasteiger partial charge on any atom is 0.222 e. The molecule has 1 saturated heterocycles. The first-order valence-corrected chi connectivity index (χ1v) is 9.62. The van der Waals surface area contributed by atoms with E-state index in [-0.39, 0.29) is 11.7 Å². The Hall–Kier alpha value is -0.0900. The van der Waals surface area contributed by atoms with Gasteiger partial charge in [-0.05, 0) is 20.3 Å². The van der Waals surface area contributed by atoms with Gasteiger partial charge in [0.1, 0.15) is 0 Å². The molecule has 1 unspecified atom stereocenters. The number of ether oxygens (including phenoxy) is 1. The first-order valence-electron chi connectivity index (χ1n) is 8.50. The zero-order valence-electron chi connectivity index (χ0n) is 14.0. The van der Waals surface area contributed by atoms with Gasteiger partial charge < -0.3 is 9.64 Å². The van der Waals surface area contributed by atoms with E-state index in [1.54, 1.807) is 0 Å². The van der Waals surface area contributed by atoms with Crippen LogP contribution in [0.5, 0.6) is 0 Å². The zero-order chi connectivity index (χ0) is 15.7. The summed E-state index contributed by atoms with van der Waals surface area (Å²) < 4.78 is 5.94. The fourth-order valence-electron chi connectivity index (χ4n) is 2.96. The standard InChI is InChI=1S/C17H32BrNO2/c1-4-5-6-7-8-9-10-11-16(20)19-13-15(12-18)21-17(2,3)14-19/h15H,4-14H2,1-3H3. The molecule has 1 atom stereocenters. The fourth-order valence-corrected chi connectivity index (χ4v) is 3.29. The van der Waals surface area contributed by atoms with E-state index >= 15 is 0 Å². The van der Waals surface area contributed by atoms with Gasteiger partial charge in [0.15, 0.2) is 0 Å². The van der Waals surface area contributed by atoms with Crippen LogP contribution in [0, 0.1) is 0 Å². The van der Waals surface area contributed by atoms with Crippen molar-refractivity contribution in [3.63, 3.8) is 0 Å². The summed E-state index contributed by atoms with van der Waals surface area (Å²) in [4.78, 5) is 14.3. The number of rotatable bonds is 9. The number of unbranched alkanes of at least 4 members (excludes halogenated alkanes) is 6. The van der Waals surface area contributed by atoms with Crippen LogP contribution in [0.4, 0.5) is 0 Å². The van der Waals surface area contributed by atoms with Gasteiger partial charge in [0.2, 0.25) is 5.91 Å². The molecule has 0 spiro atoms. The van der Waals surface area contributed by atoms with E-state index < -0.39 is 0 Å². The highest BCUT2D eigenvalue weighted by Crippen LogP contribution is 2.23. The molecule has 1 aliphatic heterocycles. The third kappa shape index (κ3) is 7.64. The number of nitrogens with zero attached hydrogens (tertiary/aromatic N) is 1. The second kappa shape index (κ2) is 9.83. The van der Waals surface area contributed by atoms with Crippen LogP contribution in [0.25, 0.3) is 0 Å². The average Bonchev–Trinajstić information content (AvgIpc) is 2.44. The van der Waals surface area contributed by atoms with E-state index in [0.29, 0.717) is 18.9 Å². The van der Waals surface area contributed by atoms with Crippen molar-refractivity contribution in [1.29, 1.82) is 0 Å². The second-order valence-corrected chi connectivity index (χ2v) is 7.45. The second-order valence-electron chi connectivity index (χ2n) is 6.80. The van der Waals surface area contributed by atoms with Crippen LogP contribution in [0.15, 0.2) is 0 Å². The first-order chi connectivity index (χ1) is 9.98. The van der Waals surface area contributed by atoms with Crippen LogP contribution in [0.3, 0.4) is 0 Å². The monoisotopic (exact) mass is 361 g/mol. The van der Waals surface area contributed by atoms with Gasteiger partial charge >= 0.3 is 0 Å². The van der Waals surface area contributed by atoms with Gasteiger partial charge in [-0.15, -0.1) is 0 Å². The number of hydrogen-bond donors (Lipinski definition) is 0. The van der Waals surface area contributed by atoms with Crippen molar-refractivity contribution in [2.24, 2.45) is 0 Å². The Balaban J connectivity index is 2.22. The van der Waals surface area contributed by atoms with Crippen LogP contribution in [-0.2, 0) is 9.53 Å². The summed E-state index contributed by atoms with van der Waals surface area (Å²) in [5.41, 5.74) is -0.230. The van der Waals surface area contributed by atoms with Crippen molar-refractivity contribution in [3.8, 4) is 0 Å². The highest BCUT2D eigenvalue weighted by Gasteiger charge is 2.34. The third-order valence-corrected chi connectivity index (χ3v) is 4.72. The van der Waals surface area contributed by atoms with E-state index in [2.05, 4.69) is 36.7 Å². The van der Waals surface area contributed by atoms with Gasteiger partial charge in [-0.1, -0.05) is 61.4 Å². The van der Waals surface area contributed by atoms with E-state index in [9.17, 15) is 4.79 Å². The van der Waals surface area contributed by atoms with Crippen LogP contribution >= 0.6 is 15.9 Å². The van der Waals surface area contributed by atoms with Crippen molar-refractivity contribution in [3.05, 3.63) is 0 Å². The Kier molecular flexibility index (Phi) is 8.88. The van der Waals surface area contributed by atoms with Gasteiger partial charge in [-0.3, -0.25) is 4.79 Å².